The summed E-state index contributed by atoms with van der Waals surface area (Å²) >= 11 is 0. The van der Waals surface area contributed by atoms with Gasteiger partial charge in [0.1, 0.15) is 0 Å². The van der Waals surface area contributed by atoms with E-state index in [1.54, 1.807) is 0 Å². The highest BCUT2D eigenvalue weighted by atomic mass is 15.1. The predicted molar refractivity (Wildman–Crippen MR) is 58.7 cm³/mol. The van der Waals surface area contributed by atoms with Gasteiger partial charge in [-0.05, 0) is 33.0 Å². The van der Waals surface area contributed by atoms with Crippen molar-refractivity contribution in [1.82, 2.24) is 4.90 Å². The molecule has 1 heterocycles. The van der Waals surface area contributed by atoms with Gasteiger partial charge in [-0.15, -0.1) is 0 Å². The van der Waals surface area contributed by atoms with Crippen molar-refractivity contribution in [1.29, 1.82) is 0 Å². The highest BCUT2D eigenvalue weighted by molar-refractivity contribution is 4.58. The van der Waals surface area contributed by atoms with E-state index in [-0.39, 0.29) is 0 Å². The highest BCUT2D eigenvalue weighted by Gasteiger charge is 2.02. The molecule has 0 aromatic heterocycles. The molecule has 1 saturated heterocycles. The zero-order valence-electron chi connectivity index (χ0n) is 9.69. The molecule has 1 rings (SSSR count). The van der Waals surface area contributed by atoms with E-state index in [1.807, 2.05) is 13.8 Å². The van der Waals surface area contributed by atoms with Crippen LogP contribution >= 0.6 is 0 Å². The lowest BCUT2D eigenvalue weighted by Gasteiger charge is -2.20. The van der Waals surface area contributed by atoms with Crippen LogP contribution in [0.3, 0.4) is 0 Å². The van der Waals surface area contributed by atoms with Gasteiger partial charge in [0.25, 0.3) is 0 Å². The molecule has 0 bridgehead atoms. The van der Waals surface area contributed by atoms with Crippen LogP contribution < -0.4 is 0 Å². The lowest BCUT2D eigenvalue weighted by atomic mass is 10.1. The molecule has 0 spiro atoms. The molecule has 0 amide bonds. The minimum Gasteiger partial charge on any atom is -0.306 e. The average Bonchev–Trinajstić information content (AvgIpc) is 2.11. The molecular weight excluding hydrogens is 146 g/mol. The van der Waals surface area contributed by atoms with E-state index in [0.29, 0.717) is 0 Å². The quantitative estimate of drug-likeness (QED) is 0.541. The van der Waals surface area contributed by atoms with E-state index in [1.165, 1.54) is 38.8 Å². The molecule has 0 unspecified atom stereocenters. The molecule has 12 heavy (non-hydrogen) atoms. The van der Waals surface area contributed by atoms with E-state index in [2.05, 4.69) is 25.8 Å². The van der Waals surface area contributed by atoms with Gasteiger partial charge in [-0.3, -0.25) is 0 Å². The van der Waals surface area contributed by atoms with Gasteiger partial charge in [0.15, 0.2) is 0 Å². The third-order valence-electron chi connectivity index (χ3n) is 1.58. The first-order chi connectivity index (χ1) is 5.81. The van der Waals surface area contributed by atoms with Crippen molar-refractivity contribution in [2.24, 2.45) is 0 Å². The first-order valence-electron chi connectivity index (χ1n) is 5.49. The highest BCUT2D eigenvalue weighted by Crippen LogP contribution is 2.04. The lowest BCUT2D eigenvalue weighted by molar-refractivity contribution is 0.277. The maximum absolute atomic E-state index is 2.39. The second kappa shape index (κ2) is 13.5. The van der Waals surface area contributed by atoms with Crippen molar-refractivity contribution in [3.63, 3.8) is 0 Å². The van der Waals surface area contributed by atoms with Crippen molar-refractivity contribution >= 4 is 0 Å². The van der Waals surface area contributed by atoms with E-state index in [0.717, 1.165) is 0 Å². The molecule has 0 atom stereocenters. The molecular formula is C11H27N. The Morgan fingerprint density at radius 3 is 1.42 bits per heavy atom. The van der Waals surface area contributed by atoms with Gasteiger partial charge in [0, 0.05) is 0 Å². The Bertz CT molecular complexity index is 56.0. The summed E-state index contributed by atoms with van der Waals surface area (Å²) in [4.78, 5) is 2.39. The standard InChI is InChI=1S/C6H13N.C3H8.C2H6/c1-7-5-3-2-4-6-7;1-3-2;1-2/h2-6H2,1H3;3H2,1-2H3;1-2H3. The van der Waals surface area contributed by atoms with Crippen LogP contribution in [-0.2, 0) is 0 Å². The number of rotatable bonds is 0. The van der Waals surface area contributed by atoms with Crippen LogP contribution in [0.4, 0.5) is 0 Å². The zero-order chi connectivity index (χ0) is 9.82. The molecule has 0 aromatic rings. The second-order valence-corrected chi connectivity index (χ2v) is 3.07. The summed E-state index contributed by atoms with van der Waals surface area (Å²) in [5.41, 5.74) is 0. The van der Waals surface area contributed by atoms with Crippen molar-refractivity contribution in [2.75, 3.05) is 20.1 Å². The summed E-state index contributed by atoms with van der Waals surface area (Å²) in [6, 6.07) is 0. The van der Waals surface area contributed by atoms with Crippen LogP contribution in [0.25, 0.3) is 0 Å². The second-order valence-electron chi connectivity index (χ2n) is 3.07. The Labute approximate surface area is 79.2 Å². The van der Waals surface area contributed by atoms with E-state index < -0.39 is 0 Å². The number of piperidine rings is 1. The van der Waals surface area contributed by atoms with Gasteiger partial charge in [0.2, 0.25) is 0 Å². The fourth-order valence-corrected chi connectivity index (χ4v) is 1.05. The summed E-state index contributed by atoms with van der Waals surface area (Å²) in [5, 5.41) is 0. The third kappa shape index (κ3) is 12.6. The molecule has 1 heteroatoms. The smallest absolute Gasteiger partial charge is 0.00218 e. The Morgan fingerprint density at radius 2 is 1.25 bits per heavy atom. The minimum atomic E-state index is 1.25. The number of hydrogen-bond acceptors (Lipinski definition) is 1. The van der Waals surface area contributed by atoms with Crippen LogP contribution in [-0.4, -0.2) is 25.0 Å². The Balaban J connectivity index is 0. The Kier molecular flexibility index (Phi) is 16.3. The zero-order valence-corrected chi connectivity index (χ0v) is 9.69. The predicted octanol–water partition coefficient (Wildman–Crippen LogP) is 3.54. The fourth-order valence-electron chi connectivity index (χ4n) is 1.05. The molecule has 1 fully saturated rings. The van der Waals surface area contributed by atoms with Crippen molar-refractivity contribution in [3.05, 3.63) is 0 Å². The van der Waals surface area contributed by atoms with E-state index >= 15 is 0 Å². The Hall–Kier alpha value is -0.0400. The molecule has 76 valence electrons. The minimum absolute atomic E-state index is 1.25. The number of nitrogens with zero attached hydrogens (tertiary/aromatic N) is 1. The van der Waals surface area contributed by atoms with Crippen LogP contribution in [0.1, 0.15) is 53.4 Å². The molecule has 0 aromatic carbocycles. The molecule has 1 aliphatic heterocycles. The van der Waals surface area contributed by atoms with Gasteiger partial charge in [-0.25, -0.2) is 0 Å². The molecule has 0 N–H and O–H groups in total. The van der Waals surface area contributed by atoms with Gasteiger partial charge >= 0.3 is 0 Å². The maximum atomic E-state index is 2.39. The summed E-state index contributed by atoms with van der Waals surface area (Å²) < 4.78 is 0. The topological polar surface area (TPSA) is 3.24 Å². The van der Waals surface area contributed by atoms with Crippen LogP contribution in [0, 0.1) is 0 Å². The van der Waals surface area contributed by atoms with Gasteiger partial charge < -0.3 is 4.90 Å². The first kappa shape index (κ1) is 14.5. The molecule has 1 aliphatic rings. The third-order valence-corrected chi connectivity index (χ3v) is 1.58. The van der Waals surface area contributed by atoms with Crippen molar-refractivity contribution < 1.29 is 0 Å². The summed E-state index contributed by atoms with van der Waals surface area (Å²) in [6.45, 7) is 10.9. The average molecular weight is 173 g/mol. The summed E-state index contributed by atoms with van der Waals surface area (Å²) in [6.07, 6.45) is 5.53. The molecule has 0 radical (unpaired) electrons. The number of likely N-dealkylation sites (tertiary alicyclic amines) is 1. The van der Waals surface area contributed by atoms with Crippen molar-refractivity contribution in [2.45, 2.75) is 53.4 Å². The maximum Gasteiger partial charge on any atom is -0.00218 e. The van der Waals surface area contributed by atoms with Crippen LogP contribution in [0.2, 0.25) is 0 Å². The van der Waals surface area contributed by atoms with E-state index in [9.17, 15) is 0 Å². The molecule has 0 aliphatic carbocycles. The normalized spacial score (nSPS) is 16.8. The summed E-state index contributed by atoms with van der Waals surface area (Å²) in [5.74, 6) is 0. The Morgan fingerprint density at radius 1 is 0.917 bits per heavy atom. The fraction of sp³-hybridized carbons (Fsp3) is 1.00. The monoisotopic (exact) mass is 173 g/mol. The van der Waals surface area contributed by atoms with Gasteiger partial charge in [0.05, 0.1) is 0 Å². The van der Waals surface area contributed by atoms with Crippen LogP contribution in [0.5, 0.6) is 0 Å². The van der Waals surface area contributed by atoms with Gasteiger partial charge in [-0.1, -0.05) is 40.5 Å². The SMILES string of the molecule is CC.CCC.CN1CCCCC1. The first-order valence-corrected chi connectivity index (χ1v) is 5.49. The molecule has 1 nitrogen and oxygen atoms in total. The largest absolute Gasteiger partial charge is 0.306 e. The van der Waals surface area contributed by atoms with Crippen LogP contribution in [0.15, 0.2) is 0 Å². The molecule has 0 saturated carbocycles. The lowest BCUT2D eigenvalue weighted by Crippen LogP contribution is -2.24. The van der Waals surface area contributed by atoms with Crippen molar-refractivity contribution in [3.8, 4) is 0 Å². The summed E-state index contributed by atoms with van der Waals surface area (Å²) in [7, 11) is 2.19. The number of hydrogen-bond donors (Lipinski definition) is 0. The van der Waals surface area contributed by atoms with E-state index in [4.69, 9.17) is 0 Å². The van der Waals surface area contributed by atoms with Gasteiger partial charge in [-0.2, -0.15) is 0 Å².